The molecule has 1 atom stereocenters. The molecule has 5 rings (SSSR count). The second-order valence-corrected chi connectivity index (χ2v) is 8.43. The summed E-state index contributed by atoms with van der Waals surface area (Å²) in [6.45, 7) is 0. The Hall–Kier alpha value is -2.99. The average molecular weight is 405 g/mol. The second-order valence-electron chi connectivity index (χ2n) is 7.40. The lowest BCUT2D eigenvalue weighted by Gasteiger charge is -2.26. The predicted molar refractivity (Wildman–Crippen MR) is 114 cm³/mol. The number of halogens is 1. The van der Waals surface area contributed by atoms with E-state index in [-0.39, 0.29) is 17.8 Å². The molecule has 0 aliphatic heterocycles. The number of amides is 1. The standard InChI is InChI=1S/C23H20FN3OS/c1-27-23-17(21(26-27)16-10-4-5-11-18(16)24)13-20(29-23)22(28)25-19-12-6-8-14-7-2-3-9-15(14)19/h2-5,7,9-11,13,19H,6,8,12H2,1H3,(H,25,28). The van der Waals surface area contributed by atoms with Crippen LogP contribution in [0, 0.1) is 5.82 Å². The molecule has 1 aliphatic rings. The maximum Gasteiger partial charge on any atom is 0.261 e. The van der Waals surface area contributed by atoms with Crippen molar-refractivity contribution < 1.29 is 9.18 Å². The summed E-state index contributed by atoms with van der Waals surface area (Å²) in [6.07, 6.45) is 3.06. The number of hydrogen-bond donors (Lipinski definition) is 1. The van der Waals surface area contributed by atoms with E-state index in [1.165, 1.54) is 28.5 Å². The van der Waals surface area contributed by atoms with Gasteiger partial charge in [-0.1, -0.05) is 36.4 Å². The molecule has 2 heterocycles. The molecule has 0 fully saturated rings. The van der Waals surface area contributed by atoms with Crippen LogP contribution in [0.15, 0.2) is 54.6 Å². The summed E-state index contributed by atoms with van der Waals surface area (Å²) in [7, 11) is 1.82. The zero-order chi connectivity index (χ0) is 20.0. The molecule has 2 aromatic carbocycles. The summed E-state index contributed by atoms with van der Waals surface area (Å²) in [5.74, 6) is -0.407. The molecule has 4 nitrogen and oxygen atoms in total. The molecule has 1 N–H and O–H groups in total. The van der Waals surface area contributed by atoms with Gasteiger partial charge in [0, 0.05) is 18.0 Å². The summed E-state index contributed by atoms with van der Waals surface area (Å²) >= 11 is 1.39. The fraction of sp³-hybridized carbons (Fsp3) is 0.217. The number of nitrogens with zero attached hydrogens (tertiary/aromatic N) is 2. The van der Waals surface area contributed by atoms with Crippen molar-refractivity contribution in [1.82, 2.24) is 15.1 Å². The van der Waals surface area contributed by atoms with E-state index in [0.29, 0.717) is 16.1 Å². The van der Waals surface area contributed by atoms with E-state index in [0.717, 1.165) is 29.5 Å². The van der Waals surface area contributed by atoms with Crippen LogP contribution in [-0.4, -0.2) is 15.7 Å². The molecule has 6 heteroatoms. The smallest absolute Gasteiger partial charge is 0.261 e. The van der Waals surface area contributed by atoms with Crippen molar-refractivity contribution in [2.75, 3.05) is 0 Å². The van der Waals surface area contributed by atoms with Gasteiger partial charge in [0.2, 0.25) is 0 Å². The topological polar surface area (TPSA) is 46.9 Å². The van der Waals surface area contributed by atoms with Gasteiger partial charge in [0.15, 0.2) is 0 Å². The highest BCUT2D eigenvalue weighted by Crippen LogP contribution is 2.35. The van der Waals surface area contributed by atoms with Gasteiger partial charge in [-0.15, -0.1) is 11.3 Å². The normalized spacial score (nSPS) is 16.0. The van der Waals surface area contributed by atoms with Crippen molar-refractivity contribution in [3.8, 4) is 11.3 Å². The van der Waals surface area contributed by atoms with Crippen LogP contribution in [0.1, 0.15) is 39.7 Å². The second kappa shape index (κ2) is 7.12. The number of nitrogens with one attached hydrogen (secondary N) is 1. The fourth-order valence-corrected chi connectivity index (χ4v) is 5.11. The molecule has 29 heavy (non-hydrogen) atoms. The molecule has 0 bridgehead atoms. The molecule has 4 aromatic rings. The van der Waals surface area contributed by atoms with E-state index in [4.69, 9.17) is 0 Å². The number of aryl methyl sites for hydroxylation is 2. The maximum absolute atomic E-state index is 14.3. The number of carbonyl (C=O) groups is 1. The summed E-state index contributed by atoms with van der Waals surface area (Å²) in [4.78, 5) is 14.5. The van der Waals surface area contributed by atoms with Crippen LogP contribution in [0.5, 0.6) is 0 Å². The first-order valence-corrected chi connectivity index (χ1v) is 10.5. The molecule has 1 amide bonds. The van der Waals surface area contributed by atoms with Crippen molar-refractivity contribution in [1.29, 1.82) is 0 Å². The first-order chi connectivity index (χ1) is 14.1. The molecule has 0 saturated carbocycles. The van der Waals surface area contributed by atoms with Crippen LogP contribution in [0.3, 0.4) is 0 Å². The average Bonchev–Trinajstić information content (AvgIpc) is 3.30. The third-order valence-electron chi connectivity index (χ3n) is 5.54. The zero-order valence-corrected chi connectivity index (χ0v) is 16.8. The fourth-order valence-electron chi connectivity index (χ4n) is 4.14. The quantitative estimate of drug-likeness (QED) is 0.506. The van der Waals surface area contributed by atoms with Crippen LogP contribution in [-0.2, 0) is 13.5 Å². The Bertz CT molecular complexity index is 1230. The minimum atomic E-state index is -0.316. The van der Waals surface area contributed by atoms with Gasteiger partial charge in [-0.2, -0.15) is 5.10 Å². The number of rotatable bonds is 3. The van der Waals surface area contributed by atoms with Gasteiger partial charge in [-0.25, -0.2) is 4.39 Å². The Labute approximate surface area is 172 Å². The van der Waals surface area contributed by atoms with E-state index in [9.17, 15) is 9.18 Å². The molecule has 146 valence electrons. The lowest BCUT2D eigenvalue weighted by molar-refractivity contribution is 0.0937. The van der Waals surface area contributed by atoms with Crippen LogP contribution in [0.2, 0.25) is 0 Å². The Kier molecular flexibility index (Phi) is 4.43. The zero-order valence-electron chi connectivity index (χ0n) is 16.0. The van der Waals surface area contributed by atoms with Crippen molar-refractivity contribution in [3.63, 3.8) is 0 Å². The summed E-state index contributed by atoms with van der Waals surface area (Å²) < 4.78 is 16.0. The first-order valence-electron chi connectivity index (χ1n) is 9.72. The number of hydrogen-bond acceptors (Lipinski definition) is 3. The van der Waals surface area contributed by atoms with Crippen molar-refractivity contribution in [2.24, 2.45) is 7.05 Å². The Morgan fingerprint density at radius 2 is 2.00 bits per heavy atom. The first kappa shape index (κ1) is 18.1. The van der Waals surface area contributed by atoms with Gasteiger partial charge in [-0.05, 0) is 48.6 Å². The lowest BCUT2D eigenvalue weighted by atomic mass is 9.88. The Balaban J connectivity index is 1.48. The monoisotopic (exact) mass is 405 g/mol. The highest BCUT2D eigenvalue weighted by Gasteiger charge is 2.24. The molecule has 1 aliphatic carbocycles. The maximum atomic E-state index is 14.3. The number of fused-ring (bicyclic) bond motifs is 2. The molecule has 1 unspecified atom stereocenters. The number of thiophene rings is 1. The molecular weight excluding hydrogens is 385 g/mol. The van der Waals surface area contributed by atoms with Crippen molar-refractivity contribution >= 4 is 27.5 Å². The molecule has 0 radical (unpaired) electrons. The van der Waals surface area contributed by atoms with Crippen molar-refractivity contribution in [2.45, 2.75) is 25.3 Å². The third-order valence-corrected chi connectivity index (χ3v) is 6.74. The summed E-state index contributed by atoms with van der Waals surface area (Å²) in [6, 6.07) is 16.8. The Morgan fingerprint density at radius 3 is 2.86 bits per heavy atom. The minimum absolute atomic E-state index is 0.0295. The largest absolute Gasteiger partial charge is 0.345 e. The SMILES string of the molecule is Cn1nc(-c2ccccc2F)c2cc(C(=O)NC3CCCc4ccccc43)sc21. The van der Waals surface area contributed by atoms with E-state index in [2.05, 4.69) is 22.5 Å². The highest BCUT2D eigenvalue weighted by atomic mass is 32.1. The number of benzene rings is 2. The van der Waals surface area contributed by atoms with Gasteiger partial charge < -0.3 is 5.32 Å². The van der Waals surface area contributed by atoms with Gasteiger partial charge in [0.1, 0.15) is 16.3 Å². The van der Waals surface area contributed by atoms with Gasteiger partial charge in [-0.3, -0.25) is 9.48 Å². The van der Waals surface area contributed by atoms with Crippen LogP contribution < -0.4 is 5.32 Å². The van der Waals surface area contributed by atoms with Crippen molar-refractivity contribution in [3.05, 3.63) is 76.4 Å². The highest BCUT2D eigenvalue weighted by molar-refractivity contribution is 7.20. The van der Waals surface area contributed by atoms with E-state index >= 15 is 0 Å². The number of carbonyl (C=O) groups excluding carboxylic acids is 1. The molecule has 0 spiro atoms. The van der Waals surface area contributed by atoms with Gasteiger partial charge in [0.05, 0.1) is 10.9 Å². The van der Waals surface area contributed by atoms with E-state index in [1.807, 2.05) is 25.2 Å². The van der Waals surface area contributed by atoms with Crippen LogP contribution in [0.4, 0.5) is 4.39 Å². The third kappa shape index (κ3) is 3.13. The predicted octanol–water partition coefficient (Wildman–Crippen LogP) is 5.25. The molecule has 2 aromatic heterocycles. The number of aromatic nitrogens is 2. The van der Waals surface area contributed by atoms with E-state index < -0.39 is 0 Å². The van der Waals surface area contributed by atoms with E-state index in [1.54, 1.807) is 22.9 Å². The Morgan fingerprint density at radius 1 is 1.21 bits per heavy atom. The van der Waals surface area contributed by atoms with Gasteiger partial charge >= 0.3 is 0 Å². The minimum Gasteiger partial charge on any atom is -0.345 e. The lowest BCUT2D eigenvalue weighted by Crippen LogP contribution is -2.30. The molecule has 0 saturated heterocycles. The molecular formula is C23H20FN3OS. The van der Waals surface area contributed by atoms with Crippen LogP contribution in [0.25, 0.3) is 21.5 Å². The summed E-state index contributed by atoms with van der Waals surface area (Å²) in [5, 5.41) is 8.48. The van der Waals surface area contributed by atoms with Gasteiger partial charge in [0.25, 0.3) is 5.91 Å². The summed E-state index contributed by atoms with van der Waals surface area (Å²) in [5.41, 5.74) is 3.54. The van der Waals surface area contributed by atoms with Crippen LogP contribution >= 0.6 is 11.3 Å².